The van der Waals surface area contributed by atoms with E-state index in [4.69, 9.17) is 0 Å². The van der Waals surface area contributed by atoms with Crippen LogP contribution in [-0.4, -0.2) is 14.7 Å². The second-order valence-electron chi connectivity index (χ2n) is 5.66. The van der Waals surface area contributed by atoms with Crippen LogP contribution in [0.1, 0.15) is 65.7 Å². The van der Waals surface area contributed by atoms with Crippen molar-refractivity contribution in [3.63, 3.8) is 0 Å². The number of rotatable bonds is 3. The van der Waals surface area contributed by atoms with Gasteiger partial charge in [-0.15, -0.1) is 11.3 Å². The summed E-state index contributed by atoms with van der Waals surface area (Å²) in [6.45, 7) is 6.52. The van der Waals surface area contributed by atoms with Gasteiger partial charge >= 0.3 is 0 Å². The molecule has 108 valence electrons. The molecule has 0 spiro atoms. The molecule has 20 heavy (non-hydrogen) atoms. The number of hydrogen-bond donors (Lipinski definition) is 1. The molecule has 0 radical (unpaired) electrons. The van der Waals surface area contributed by atoms with Crippen molar-refractivity contribution in [2.75, 3.05) is 0 Å². The van der Waals surface area contributed by atoms with E-state index < -0.39 is 0 Å². The van der Waals surface area contributed by atoms with E-state index in [1.807, 2.05) is 6.20 Å². The second kappa shape index (κ2) is 5.34. The highest BCUT2D eigenvalue weighted by molar-refractivity contribution is 7.11. The Kier molecular flexibility index (Phi) is 3.69. The normalized spacial score (nSPS) is 19.9. The molecule has 3 rings (SSSR count). The standard InChI is InChI=1S/C16H22N2OS/c1-4-12-9-17-16(20-12)11(3)18-10(2)8-13-14(18)6-5-7-15(13)19/h8-9,11,15,19H,4-7H2,1-3H3. The number of thiazole rings is 1. The van der Waals surface area contributed by atoms with E-state index in [1.54, 1.807) is 11.3 Å². The number of aromatic nitrogens is 2. The van der Waals surface area contributed by atoms with Gasteiger partial charge in [-0.05, 0) is 45.6 Å². The lowest BCUT2D eigenvalue weighted by atomic mass is 9.95. The fourth-order valence-corrected chi connectivity index (χ4v) is 4.13. The van der Waals surface area contributed by atoms with Gasteiger partial charge in [0.15, 0.2) is 0 Å². The van der Waals surface area contributed by atoms with Gasteiger partial charge < -0.3 is 9.67 Å². The molecule has 0 aliphatic heterocycles. The first-order chi connectivity index (χ1) is 9.61. The summed E-state index contributed by atoms with van der Waals surface area (Å²) in [6, 6.07) is 2.42. The second-order valence-corrected chi connectivity index (χ2v) is 6.81. The summed E-state index contributed by atoms with van der Waals surface area (Å²) in [5, 5.41) is 11.3. The molecule has 0 saturated heterocycles. The summed E-state index contributed by atoms with van der Waals surface area (Å²) < 4.78 is 2.37. The molecular weight excluding hydrogens is 268 g/mol. The molecule has 2 aromatic rings. The maximum atomic E-state index is 10.2. The van der Waals surface area contributed by atoms with Gasteiger partial charge in [0.25, 0.3) is 0 Å². The molecule has 2 unspecified atom stereocenters. The number of fused-ring (bicyclic) bond motifs is 1. The lowest BCUT2D eigenvalue weighted by Gasteiger charge is -2.23. The van der Waals surface area contributed by atoms with Gasteiger partial charge in [0.05, 0.1) is 12.1 Å². The van der Waals surface area contributed by atoms with Crippen molar-refractivity contribution in [1.29, 1.82) is 0 Å². The maximum Gasteiger partial charge on any atom is 0.115 e. The summed E-state index contributed by atoms with van der Waals surface area (Å²) in [7, 11) is 0. The van der Waals surface area contributed by atoms with Crippen LogP contribution in [0.3, 0.4) is 0 Å². The zero-order valence-electron chi connectivity index (χ0n) is 12.4. The predicted molar refractivity (Wildman–Crippen MR) is 82.4 cm³/mol. The third kappa shape index (κ3) is 2.21. The van der Waals surface area contributed by atoms with Crippen LogP contribution >= 0.6 is 11.3 Å². The van der Waals surface area contributed by atoms with Crippen molar-refractivity contribution in [3.8, 4) is 0 Å². The number of aryl methyl sites for hydroxylation is 2. The van der Waals surface area contributed by atoms with Crippen LogP contribution in [0.5, 0.6) is 0 Å². The lowest BCUT2D eigenvalue weighted by Crippen LogP contribution is -2.16. The van der Waals surface area contributed by atoms with Gasteiger partial charge in [0.2, 0.25) is 0 Å². The number of nitrogens with zero attached hydrogens (tertiary/aromatic N) is 2. The molecule has 2 heterocycles. The van der Waals surface area contributed by atoms with Crippen LogP contribution in [0.15, 0.2) is 12.3 Å². The fraction of sp³-hybridized carbons (Fsp3) is 0.562. The SMILES string of the molecule is CCc1cnc(C(C)n2c(C)cc3c2CCCC3O)s1. The van der Waals surface area contributed by atoms with Gasteiger partial charge in [-0.3, -0.25) is 0 Å². The highest BCUT2D eigenvalue weighted by atomic mass is 32.1. The highest BCUT2D eigenvalue weighted by Crippen LogP contribution is 2.36. The van der Waals surface area contributed by atoms with Crippen molar-refractivity contribution in [2.45, 2.75) is 58.6 Å². The van der Waals surface area contributed by atoms with Crippen LogP contribution in [0, 0.1) is 6.92 Å². The van der Waals surface area contributed by atoms with Crippen LogP contribution < -0.4 is 0 Å². The number of aliphatic hydroxyl groups excluding tert-OH is 1. The van der Waals surface area contributed by atoms with Crippen LogP contribution in [-0.2, 0) is 12.8 Å². The number of hydrogen-bond acceptors (Lipinski definition) is 3. The molecule has 2 aromatic heterocycles. The quantitative estimate of drug-likeness (QED) is 0.934. The van der Waals surface area contributed by atoms with Gasteiger partial charge in [-0.25, -0.2) is 4.98 Å². The average molecular weight is 290 g/mol. The third-order valence-electron chi connectivity index (χ3n) is 4.28. The minimum absolute atomic E-state index is 0.259. The minimum atomic E-state index is -0.284. The van der Waals surface area contributed by atoms with Gasteiger partial charge in [-0.2, -0.15) is 0 Å². The Hall–Kier alpha value is -1.13. The Bertz CT molecular complexity index is 614. The molecule has 0 bridgehead atoms. The first kappa shape index (κ1) is 13.8. The molecule has 0 saturated carbocycles. The molecule has 1 aliphatic rings. The van der Waals surface area contributed by atoms with Crippen molar-refractivity contribution < 1.29 is 5.11 Å². The molecule has 4 heteroatoms. The van der Waals surface area contributed by atoms with Gasteiger partial charge in [0.1, 0.15) is 5.01 Å². The summed E-state index contributed by atoms with van der Waals surface area (Å²) in [4.78, 5) is 5.93. The summed E-state index contributed by atoms with van der Waals surface area (Å²) >= 11 is 1.80. The molecule has 1 aliphatic carbocycles. The molecule has 0 aromatic carbocycles. The van der Waals surface area contributed by atoms with E-state index in [0.717, 1.165) is 31.2 Å². The van der Waals surface area contributed by atoms with E-state index in [-0.39, 0.29) is 12.1 Å². The Labute approximate surface area is 124 Å². The maximum absolute atomic E-state index is 10.2. The average Bonchev–Trinajstić information content (AvgIpc) is 3.03. The third-order valence-corrected chi connectivity index (χ3v) is 5.60. The Balaban J connectivity index is 2.01. The molecular formula is C16H22N2OS. The van der Waals surface area contributed by atoms with Gasteiger partial charge in [-0.1, -0.05) is 6.92 Å². The first-order valence-electron chi connectivity index (χ1n) is 7.45. The Morgan fingerprint density at radius 2 is 2.35 bits per heavy atom. The summed E-state index contributed by atoms with van der Waals surface area (Å²) in [6.07, 6.45) is 5.79. The largest absolute Gasteiger partial charge is 0.388 e. The van der Waals surface area contributed by atoms with E-state index in [0.29, 0.717) is 0 Å². The molecule has 0 fully saturated rings. The highest BCUT2D eigenvalue weighted by Gasteiger charge is 2.26. The first-order valence-corrected chi connectivity index (χ1v) is 8.26. The van der Waals surface area contributed by atoms with Crippen molar-refractivity contribution in [2.24, 2.45) is 0 Å². The van der Waals surface area contributed by atoms with E-state index in [9.17, 15) is 5.11 Å². The smallest absolute Gasteiger partial charge is 0.115 e. The molecule has 0 amide bonds. The van der Waals surface area contributed by atoms with Crippen LogP contribution in [0.2, 0.25) is 0 Å². The minimum Gasteiger partial charge on any atom is -0.388 e. The molecule has 2 atom stereocenters. The van der Waals surface area contributed by atoms with Gasteiger partial charge in [0, 0.05) is 28.0 Å². The van der Waals surface area contributed by atoms with Crippen molar-refractivity contribution in [1.82, 2.24) is 9.55 Å². The van der Waals surface area contributed by atoms with Crippen molar-refractivity contribution >= 4 is 11.3 Å². The molecule has 3 nitrogen and oxygen atoms in total. The predicted octanol–water partition coefficient (Wildman–Crippen LogP) is 3.79. The fourth-order valence-electron chi connectivity index (χ4n) is 3.23. The van der Waals surface area contributed by atoms with E-state index in [1.165, 1.54) is 21.3 Å². The zero-order valence-corrected chi connectivity index (χ0v) is 13.2. The number of aliphatic hydroxyl groups is 1. The van der Waals surface area contributed by atoms with Crippen molar-refractivity contribution in [3.05, 3.63) is 39.1 Å². The summed E-state index contributed by atoms with van der Waals surface area (Å²) in [5.74, 6) is 0. The van der Waals surface area contributed by atoms with E-state index in [2.05, 4.69) is 36.4 Å². The topological polar surface area (TPSA) is 38.0 Å². The van der Waals surface area contributed by atoms with E-state index >= 15 is 0 Å². The Morgan fingerprint density at radius 1 is 1.55 bits per heavy atom. The van der Waals surface area contributed by atoms with Crippen LogP contribution in [0.25, 0.3) is 0 Å². The Morgan fingerprint density at radius 3 is 3.05 bits per heavy atom. The lowest BCUT2D eigenvalue weighted by molar-refractivity contribution is 0.155. The van der Waals surface area contributed by atoms with Crippen LogP contribution in [0.4, 0.5) is 0 Å². The monoisotopic (exact) mass is 290 g/mol. The zero-order chi connectivity index (χ0) is 14.3. The molecule has 1 N–H and O–H groups in total. The summed E-state index contributed by atoms with van der Waals surface area (Å²) in [5.41, 5.74) is 3.67.